The van der Waals surface area contributed by atoms with Gasteiger partial charge in [-0.2, -0.15) is 0 Å². The summed E-state index contributed by atoms with van der Waals surface area (Å²) in [7, 11) is 0. The zero-order chi connectivity index (χ0) is 20.3. The Hall–Kier alpha value is -1.06. The molecule has 0 saturated carbocycles. The highest BCUT2D eigenvalue weighted by Gasteiger charge is 2.21. The molecule has 7 heteroatoms. The summed E-state index contributed by atoms with van der Waals surface area (Å²) in [6.45, 7) is 11.4. The fourth-order valence-electron chi connectivity index (χ4n) is 3.92. The van der Waals surface area contributed by atoms with Crippen molar-refractivity contribution in [3.05, 3.63) is 29.8 Å². The summed E-state index contributed by atoms with van der Waals surface area (Å²) < 4.78 is 11.2. The molecule has 2 fully saturated rings. The normalized spacial score (nSPS) is 21.9. The molecule has 0 bridgehead atoms. The molecule has 1 aromatic rings. The van der Waals surface area contributed by atoms with Gasteiger partial charge in [0.15, 0.2) is 5.96 Å². The number of ether oxygens (including phenoxy) is 2. The van der Waals surface area contributed by atoms with Gasteiger partial charge in [0, 0.05) is 57.0 Å². The second-order valence-corrected chi connectivity index (χ2v) is 8.18. The zero-order valence-corrected chi connectivity index (χ0v) is 20.9. The molecule has 2 atom stereocenters. The van der Waals surface area contributed by atoms with E-state index in [2.05, 4.69) is 53.6 Å². The van der Waals surface area contributed by atoms with E-state index in [0.717, 1.165) is 71.4 Å². The van der Waals surface area contributed by atoms with E-state index in [-0.39, 0.29) is 24.0 Å². The zero-order valence-electron chi connectivity index (χ0n) is 18.6. The summed E-state index contributed by atoms with van der Waals surface area (Å²) in [6.07, 6.45) is 4.46. The van der Waals surface area contributed by atoms with Gasteiger partial charge in [-0.3, -0.25) is 4.99 Å². The van der Waals surface area contributed by atoms with Crippen LogP contribution in [0, 0.1) is 12.8 Å². The van der Waals surface area contributed by atoms with Crippen LogP contribution >= 0.6 is 24.0 Å². The number of aliphatic imine (C=N–C) groups is 1. The third-order valence-electron chi connectivity index (χ3n) is 5.60. The van der Waals surface area contributed by atoms with Crippen molar-refractivity contribution in [1.82, 2.24) is 10.6 Å². The lowest BCUT2D eigenvalue weighted by Crippen LogP contribution is -2.51. The lowest BCUT2D eigenvalue weighted by atomic mass is 10.0. The van der Waals surface area contributed by atoms with Crippen molar-refractivity contribution in [2.45, 2.75) is 45.6 Å². The number of guanidine groups is 1. The highest BCUT2D eigenvalue weighted by molar-refractivity contribution is 14.0. The molecular formula is C23H39IN4O2. The second kappa shape index (κ2) is 14.1. The summed E-state index contributed by atoms with van der Waals surface area (Å²) in [5.41, 5.74) is 2.62. The average molecular weight is 530 g/mol. The third kappa shape index (κ3) is 8.59. The second-order valence-electron chi connectivity index (χ2n) is 8.18. The van der Waals surface area contributed by atoms with E-state index in [1.54, 1.807) is 0 Å². The summed E-state index contributed by atoms with van der Waals surface area (Å²) in [5, 5.41) is 7.03. The SMILES string of the molecule is CCNC(=NCCCOCC1CCOC1)NC1CCCN(c2ccc(C)cc2)C1.I. The first kappa shape index (κ1) is 25.2. The van der Waals surface area contributed by atoms with Crippen molar-refractivity contribution in [2.24, 2.45) is 10.9 Å². The van der Waals surface area contributed by atoms with Crippen molar-refractivity contribution in [3.63, 3.8) is 0 Å². The number of anilines is 1. The highest BCUT2D eigenvalue weighted by atomic mass is 127. The molecule has 3 rings (SSSR count). The molecule has 2 aliphatic rings. The predicted molar refractivity (Wildman–Crippen MR) is 135 cm³/mol. The number of aryl methyl sites for hydroxylation is 1. The average Bonchev–Trinajstić information content (AvgIpc) is 3.25. The lowest BCUT2D eigenvalue weighted by molar-refractivity contribution is 0.0893. The van der Waals surface area contributed by atoms with Gasteiger partial charge in [-0.05, 0) is 51.7 Å². The minimum absolute atomic E-state index is 0. The first-order chi connectivity index (χ1) is 14.2. The number of piperidine rings is 1. The molecule has 2 N–H and O–H groups in total. The number of nitrogens with one attached hydrogen (secondary N) is 2. The summed E-state index contributed by atoms with van der Waals surface area (Å²) in [4.78, 5) is 7.23. The first-order valence-electron chi connectivity index (χ1n) is 11.3. The molecule has 2 aliphatic heterocycles. The summed E-state index contributed by atoms with van der Waals surface area (Å²) in [5.74, 6) is 1.51. The summed E-state index contributed by atoms with van der Waals surface area (Å²) >= 11 is 0. The summed E-state index contributed by atoms with van der Waals surface area (Å²) in [6, 6.07) is 9.27. The Bertz CT molecular complexity index is 620. The third-order valence-corrected chi connectivity index (χ3v) is 5.60. The van der Waals surface area contributed by atoms with Gasteiger partial charge in [0.2, 0.25) is 0 Å². The molecule has 1 aromatic carbocycles. The van der Waals surface area contributed by atoms with Crippen LogP contribution in [0.15, 0.2) is 29.3 Å². The minimum atomic E-state index is 0. The van der Waals surface area contributed by atoms with E-state index in [1.807, 2.05) is 0 Å². The first-order valence-corrected chi connectivity index (χ1v) is 11.3. The van der Waals surface area contributed by atoms with Crippen LogP contribution in [0.25, 0.3) is 0 Å². The number of nitrogens with zero attached hydrogens (tertiary/aromatic N) is 2. The van der Waals surface area contributed by atoms with E-state index < -0.39 is 0 Å². The van der Waals surface area contributed by atoms with Crippen LogP contribution in [0.4, 0.5) is 5.69 Å². The lowest BCUT2D eigenvalue weighted by Gasteiger charge is -2.35. The van der Waals surface area contributed by atoms with Crippen LogP contribution in [-0.2, 0) is 9.47 Å². The quantitative estimate of drug-likeness (QED) is 0.221. The molecule has 30 heavy (non-hydrogen) atoms. The number of rotatable bonds is 9. The van der Waals surface area contributed by atoms with Gasteiger partial charge in [0.25, 0.3) is 0 Å². The molecule has 2 heterocycles. The molecule has 2 unspecified atom stereocenters. The predicted octanol–water partition coefficient (Wildman–Crippen LogP) is 3.58. The topological polar surface area (TPSA) is 58.1 Å². The van der Waals surface area contributed by atoms with Crippen molar-refractivity contribution < 1.29 is 9.47 Å². The molecule has 0 radical (unpaired) electrons. The Morgan fingerprint density at radius 2 is 2.10 bits per heavy atom. The fourth-order valence-corrected chi connectivity index (χ4v) is 3.92. The van der Waals surface area contributed by atoms with Crippen LogP contribution in [0.2, 0.25) is 0 Å². The number of hydrogen-bond donors (Lipinski definition) is 2. The van der Waals surface area contributed by atoms with Crippen molar-refractivity contribution >= 4 is 35.6 Å². The van der Waals surface area contributed by atoms with E-state index in [1.165, 1.54) is 24.1 Å². The number of halogens is 1. The standard InChI is InChI=1S/C23H38N4O2.HI/c1-3-24-23(25-12-5-14-28-17-20-11-15-29-18-20)26-21-6-4-13-27(16-21)22-9-7-19(2)8-10-22;/h7-10,20-21H,3-6,11-18H2,1-2H3,(H2,24,25,26);1H. The molecule has 0 aliphatic carbocycles. The molecular weight excluding hydrogens is 491 g/mol. The Morgan fingerprint density at radius 1 is 1.27 bits per heavy atom. The van der Waals surface area contributed by atoms with Gasteiger partial charge < -0.3 is 25.0 Å². The maximum Gasteiger partial charge on any atom is 0.191 e. The smallest absolute Gasteiger partial charge is 0.191 e. The van der Waals surface area contributed by atoms with E-state index in [9.17, 15) is 0 Å². The molecule has 6 nitrogen and oxygen atoms in total. The number of benzene rings is 1. The van der Waals surface area contributed by atoms with Crippen LogP contribution in [0.5, 0.6) is 0 Å². The van der Waals surface area contributed by atoms with E-state index in [4.69, 9.17) is 14.5 Å². The Morgan fingerprint density at radius 3 is 2.83 bits per heavy atom. The van der Waals surface area contributed by atoms with Gasteiger partial charge in [0.1, 0.15) is 0 Å². The van der Waals surface area contributed by atoms with Crippen molar-refractivity contribution in [3.8, 4) is 0 Å². The maximum atomic E-state index is 5.78. The van der Waals surface area contributed by atoms with E-state index >= 15 is 0 Å². The largest absolute Gasteiger partial charge is 0.381 e. The molecule has 2 saturated heterocycles. The molecule has 0 spiro atoms. The Kier molecular flexibility index (Phi) is 11.8. The van der Waals surface area contributed by atoms with Gasteiger partial charge in [0.05, 0.1) is 13.2 Å². The highest BCUT2D eigenvalue weighted by Crippen LogP contribution is 2.20. The van der Waals surface area contributed by atoms with Crippen LogP contribution in [-0.4, -0.2) is 64.6 Å². The molecule has 170 valence electrons. The monoisotopic (exact) mass is 530 g/mol. The number of hydrogen-bond acceptors (Lipinski definition) is 4. The fraction of sp³-hybridized carbons (Fsp3) is 0.696. The Balaban J connectivity index is 0.00000320. The van der Waals surface area contributed by atoms with E-state index in [0.29, 0.717) is 12.0 Å². The van der Waals surface area contributed by atoms with Gasteiger partial charge in [-0.25, -0.2) is 0 Å². The Labute approximate surface area is 199 Å². The van der Waals surface area contributed by atoms with Crippen molar-refractivity contribution in [2.75, 3.05) is 57.5 Å². The van der Waals surface area contributed by atoms with Crippen molar-refractivity contribution in [1.29, 1.82) is 0 Å². The maximum absolute atomic E-state index is 5.78. The van der Waals surface area contributed by atoms with Gasteiger partial charge in [-0.15, -0.1) is 24.0 Å². The molecule has 0 aromatic heterocycles. The minimum Gasteiger partial charge on any atom is -0.381 e. The van der Waals surface area contributed by atoms with Gasteiger partial charge >= 0.3 is 0 Å². The molecule has 0 amide bonds. The van der Waals surface area contributed by atoms with Crippen LogP contribution < -0.4 is 15.5 Å². The van der Waals surface area contributed by atoms with Gasteiger partial charge in [-0.1, -0.05) is 17.7 Å². The van der Waals surface area contributed by atoms with Crippen LogP contribution in [0.1, 0.15) is 38.2 Å². The van der Waals surface area contributed by atoms with Crippen LogP contribution in [0.3, 0.4) is 0 Å².